The number of ether oxygens (including phenoxy) is 1. The van der Waals surface area contributed by atoms with E-state index in [1.54, 1.807) is 19.1 Å². The summed E-state index contributed by atoms with van der Waals surface area (Å²) in [6, 6.07) is 6.74. The fraction of sp³-hybridized carbons (Fsp3) is 0.472. The van der Waals surface area contributed by atoms with E-state index in [2.05, 4.69) is 27.0 Å². The Kier molecular flexibility index (Phi) is 7.22. The molecule has 6 heterocycles. The average molecular weight is 625 g/mol. The monoisotopic (exact) mass is 624 g/mol. The minimum atomic E-state index is -0.678. The van der Waals surface area contributed by atoms with Crippen LogP contribution in [0.3, 0.4) is 0 Å². The number of aromatic hydroxyl groups is 1. The van der Waals surface area contributed by atoms with Crippen molar-refractivity contribution in [2.75, 3.05) is 37.7 Å². The lowest BCUT2D eigenvalue weighted by atomic mass is 9.94. The molecule has 4 aliphatic rings. The van der Waals surface area contributed by atoms with Gasteiger partial charge in [0, 0.05) is 30.7 Å². The molecule has 4 fully saturated rings. The van der Waals surface area contributed by atoms with Gasteiger partial charge in [0.05, 0.1) is 10.9 Å². The number of hydrogen-bond acceptors (Lipinski definition) is 8. The standard InChI is InChI=1S/C36H38F2N6O2/c1-3-7-28-30-33(31(38)32(40-28)26-17-24(45)16-21-8-11-27(37)25(4-2)29(21)26)41-35(46-20-36-12-5-14-44(36)15-6-13-36)42-34(30)43-18-22-9-10-23(19-43)39-22/h8,11,16-17,22-23,39,45H,4-6,9-10,12-15,18-20H2,1-2H3/t22-,23+. The van der Waals surface area contributed by atoms with Crippen molar-refractivity contribution in [1.82, 2.24) is 25.2 Å². The summed E-state index contributed by atoms with van der Waals surface area (Å²) >= 11 is 0. The number of phenols is 1. The zero-order valence-corrected chi connectivity index (χ0v) is 26.3. The Labute approximate surface area is 267 Å². The molecule has 0 radical (unpaired) electrons. The lowest BCUT2D eigenvalue weighted by molar-refractivity contribution is 0.108. The third-order valence-electron chi connectivity index (χ3n) is 10.5. The Morgan fingerprint density at radius 1 is 1.04 bits per heavy atom. The first-order chi connectivity index (χ1) is 22.4. The molecule has 2 bridgehead atoms. The summed E-state index contributed by atoms with van der Waals surface area (Å²) in [6.45, 7) is 7.59. The number of nitrogens with one attached hydrogen (secondary N) is 1. The van der Waals surface area contributed by atoms with E-state index in [0.29, 0.717) is 63.9 Å². The molecular formula is C36H38F2N6O2. The van der Waals surface area contributed by atoms with Crippen LogP contribution in [0.4, 0.5) is 14.6 Å². The van der Waals surface area contributed by atoms with Gasteiger partial charge in [0.1, 0.15) is 40.9 Å². The van der Waals surface area contributed by atoms with Gasteiger partial charge in [-0.15, -0.1) is 0 Å². The summed E-state index contributed by atoms with van der Waals surface area (Å²) in [7, 11) is 0. The van der Waals surface area contributed by atoms with Gasteiger partial charge in [-0.05, 0) is 105 Å². The molecular weight excluding hydrogens is 586 g/mol. The SMILES string of the molecule is CC#Cc1nc(-c2cc(O)cc3ccc(F)c(CC)c23)c(F)c2nc(OCC34CCCN3CCC4)nc(N3C[C@H]4CC[C@@H](C3)N4)c12. The first-order valence-corrected chi connectivity index (χ1v) is 16.5. The number of rotatable bonds is 6. The highest BCUT2D eigenvalue weighted by Crippen LogP contribution is 2.42. The van der Waals surface area contributed by atoms with E-state index in [4.69, 9.17) is 19.7 Å². The third-order valence-corrected chi connectivity index (χ3v) is 10.5. The second-order valence-electron chi connectivity index (χ2n) is 13.3. The number of pyridine rings is 1. The van der Waals surface area contributed by atoms with E-state index < -0.39 is 11.6 Å². The third kappa shape index (κ3) is 4.75. The number of aryl methyl sites for hydroxylation is 1. The van der Waals surface area contributed by atoms with Crippen molar-refractivity contribution in [3.8, 4) is 34.9 Å². The summed E-state index contributed by atoms with van der Waals surface area (Å²) < 4.78 is 38.7. The Morgan fingerprint density at radius 3 is 2.52 bits per heavy atom. The predicted molar refractivity (Wildman–Crippen MR) is 174 cm³/mol. The topological polar surface area (TPSA) is 86.6 Å². The fourth-order valence-corrected chi connectivity index (χ4v) is 8.48. The number of hydrogen-bond donors (Lipinski definition) is 2. The quantitative estimate of drug-likeness (QED) is 0.264. The molecule has 2 aromatic heterocycles. The highest BCUT2D eigenvalue weighted by atomic mass is 19.1. The maximum atomic E-state index is 17.1. The van der Waals surface area contributed by atoms with Crippen LogP contribution in [-0.2, 0) is 6.42 Å². The van der Waals surface area contributed by atoms with Crippen LogP contribution in [0.15, 0.2) is 24.3 Å². The second kappa shape index (κ2) is 11.3. The van der Waals surface area contributed by atoms with Crippen LogP contribution in [-0.4, -0.2) is 75.4 Å². The average Bonchev–Trinajstić information content (AvgIpc) is 3.74. The van der Waals surface area contributed by atoms with E-state index in [-0.39, 0.29) is 28.5 Å². The summed E-state index contributed by atoms with van der Waals surface area (Å²) in [4.78, 5) is 19.2. The number of benzene rings is 2. The number of aromatic nitrogens is 3. The lowest BCUT2D eigenvalue weighted by Crippen LogP contribution is -2.51. The van der Waals surface area contributed by atoms with Gasteiger partial charge in [0.25, 0.3) is 0 Å². The molecule has 46 heavy (non-hydrogen) atoms. The van der Waals surface area contributed by atoms with E-state index in [1.165, 1.54) is 12.1 Å². The molecule has 4 aromatic rings. The van der Waals surface area contributed by atoms with E-state index >= 15 is 8.78 Å². The van der Waals surface area contributed by atoms with E-state index in [1.807, 2.05) is 6.92 Å². The van der Waals surface area contributed by atoms with Crippen molar-refractivity contribution in [2.45, 2.75) is 76.4 Å². The van der Waals surface area contributed by atoms with Crippen molar-refractivity contribution in [3.63, 3.8) is 0 Å². The summed E-state index contributed by atoms with van der Waals surface area (Å²) in [5.74, 6) is 5.48. The number of phenolic OH excluding ortho intramolecular Hbond substituents is 1. The van der Waals surface area contributed by atoms with Gasteiger partial charge in [-0.1, -0.05) is 18.9 Å². The fourth-order valence-electron chi connectivity index (χ4n) is 8.48. The molecule has 238 valence electrons. The Hall–Kier alpha value is -4.07. The molecule has 0 aliphatic carbocycles. The number of fused-ring (bicyclic) bond motifs is 5. The maximum absolute atomic E-state index is 17.1. The van der Waals surface area contributed by atoms with Gasteiger partial charge in [0.15, 0.2) is 5.82 Å². The second-order valence-corrected chi connectivity index (χ2v) is 13.3. The van der Waals surface area contributed by atoms with E-state index in [0.717, 1.165) is 64.7 Å². The predicted octanol–water partition coefficient (Wildman–Crippen LogP) is 5.71. The first kappa shape index (κ1) is 29.3. The lowest BCUT2D eigenvalue weighted by Gasteiger charge is -2.35. The molecule has 0 saturated carbocycles. The summed E-state index contributed by atoms with van der Waals surface area (Å²) in [5.41, 5.74) is 1.04. The minimum absolute atomic E-state index is 0.0332. The highest BCUT2D eigenvalue weighted by Gasteiger charge is 2.45. The van der Waals surface area contributed by atoms with Crippen molar-refractivity contribution in [1.29, 1.82) is 0 Å². The zero-order chi connectivity index (χ0) is 31.6. The van der Waals surface area contributed by atoms with Crippen molar-refractivity contribution < 1.29 is 18.6 Å². The van der Waals surface area contributed by atoms with Gasteiger partial charge < -0.3 is 20.1 Å². The van der Waals surface area contributed by atoms with Gasteiger partial charge in [-0.2, -0.15) is 9.97 Å². The summed E-state index contributed by atoms with van der Waals surface area (Å²) in [5, 5.41) is 15.9. The largest absolute Gasteiger partial charge is 0.508 e. The van der Waals surface area contributed by atoms with E-state index in [9.17, 15) is 5.11 Å². The molecule has 2 N–H and O–H groups in total. The highest BCUT2D eigenvalue weighted by molar-refractivity contribution is 6.03. The molecule has 8 rings (SSSR count). The molecule has 2 atom stereocenters. The Morgan fingerprint density at radius 2 is 1.80 bits per heavy atom. The van der Waals surface area contributed by atoms with Crippen LogP contribution in [0.1, 0.15) is 63.6 Å². The van der Waals surface area contributed by atoms with Crippen molar-refractivity contribution >= 4 is 27.5 Å². The first-order valence-electron chi connectivity index (χ1n) is 16.5. The summed E-state index contributed by atoms with van der Waals surface area (Å²) in [6.07, 6.45) is 6.93. The Bertz CT molecular complexity index is 1920. The molecule has 4 aliphatic heterocycles. The molecule has 10 heteroatoms. The van der Waals surface area contributed by atoms with Crippen LogP contribution in [0, 0.1) is 23.5 Å². The molecule has 2 aromatic carbocycles. The number of halogens is 2. The van der Waals surface area contributed by atoms with Gasteiger partial charge in [0.2, 0.25) is 0 Å². The van der Waals surface area contributed by atoms with Gasteiger partial charge in [-0.25, -0.2) is 13.8 Å². The van der Waals surface area contributed by atoms with Crippen LogP contribution < -0.4 is 15.0 Å². The smallest absolute Gasteiger partial charge is 0.319 e. The minimum Gasteiger partial charge on any atom is -0.508 e. The molecule has 0 amide bonds. The van der Waals surface area contributed by atoms with Crippen LogP contribution in [0.2, 0.25) is 0 Å². The molecule has 8 nitrogen and oxygen atoms in total. The van der Waals surface area contributed by atoms with Crippen LogP contribution in [0.25, 0.3) is 32.9 Å². The van der Waals surface area contributed by atoms with Crippen molar-refractivity contribution in [2.24, 2.45) is 0 Å². The molecule has 4 saturated heterocycles. The van der Waals surface area contributed by atoms with Crippen LogP contribution in [0.5, 0.6) is 11.8 Å². The normalized spacial score (nSPS) is 22.0. The molecule has 0 spiro atoms. The number of nitrogens with zero attached hydrogens (tertiary/aromatic N) is 5. The Balaban J connectivity index is 1.35. The number of piperazine rings is 1. The van der Waals surface area contributed by atoms with Gasteiger partial charge in [-0.3, -0.25) is 4.90 Å². The number of anilines is 1. The van der Waals surface area contributed by atoms with Crippen LogP contribution >= 0.6 is 0 Å². The maximum Gasteiger partial charge on any atom is 0.319 e. The van der Waals surface area contributed by atoms with Crippen molar-refractivity contribution in [3.05, 3.63) is 47.2 Å². The molecule has 0 unspecified atom stereocenters. The zero-order valence-electron chi connectivity index (χ0n) is 26.3. The van der Waals surface area contributed by atoms with Gasteiger partial charge >= 0.3 is 6.01 Å².